The summed E-state index contributed by atoms with van der Waals surface area (Å²) in [6, 6.07) is 0. The molecule has 7 heteroatoms. The molecular formula is C11H12F2N2O3. The normalized spacial score (nSPS) is 19.4. The number of carbonyl (C=O) groups is 1. The molecule has 0 radical (unpaired) electrons. The minimum absolute atomic E-state index is 0.214. The fourth-order valence-electron chi connectivity index (χ4n) is 1.87. The van der Waals surface area contributed by atoms with E-state index in [2.05, 4.69) is 9.97 Å². The van der Waals surface area contributed by atoms with Gasteiger partial charge in [-0.15, -0.1) is 0 Å². The Labute approximate surface area is 102 Å². The first kappa shape index (κ1) is 12.8. The minimum Gasteiger partial charge on any atom is -0.478 e. The molecule has 2 heterocycles. The average Bonchev–Trinajstić information content (AvgIpc) is 2.81. The largest absolute Gasteiger partial charge is 0.478 e. The highest BCUT2D eigenvalue weighted by molar-refractivity contribution is 5.88. The van der Waals surface area contributed by atoms with Crippen LogP contribution in [0.2, 0.25) is 0 Å². The molecule has 1 aromatic heterocycles. The van der Waals surface area contributed by atoms with E-state index in [0.717, 1.165) is 12.6 Å². The molecule has 1 aliphatic rings. The van der Waals surface area contributed by atoms with Crippen LogP contribution in [0.15, 0.2) is 6.20 Å². The zero-order valence-corrected chi connectivity index (χ0v) is 9.47. The van der Waals surface area contributed by atoms with Crippen molar-refractivity contribution in [2.45, 2.75) is 19.3 Å². The van der Waals surface area contributed by atoms with E-state index < -0.39 is 23.7 Å². The number of rotatable bonds is 4. The van der Waals surface area contributed by atoms with Crippen molar-refractivity contribution in [3.05, 3.63) is 23.3 Å². The maximum absolute atomic E-state index is 12.7. The molecule has 1 unspecified atom stereocenters. The Balaban J connectivity index is 2.22. The number of alkyl halides is 2. The van der Waals surface area contributed by atoms with Gasteiger partial charge in [0, 0.05) is 25.8 Å². The molecule has 1 atom stereocenters. The standard InChI is InChI=1S/C11H12F2N2O3/c12-10(13)9-7(11(16)17)4-14-8(15-9)3-6-1-2-18-5-6/h4,6,10H,1-3,5H2,(H,16,17). The molecule has 0 saturated carbocycles. The summed E-state index contributed by atoms with van der Waals surface area (Å²) >= 11 is 0. The molecular weight excluding hydrogens is 246 g/mol. The summed E-state index contributed by atoms with van der Waals surface area (Å²) in [6.45, 7) is 1.22. The third-order valence-electron chi connectivity index (χ3n) is 2.80. The molecule has 1 aromatic rings. The SMILES string of the molecule is O=C(O)c1cnc(CC2CCOC2)nc1C(F)F. The Morgan fingerprint density at radius 1 is 1.61 bits per heavy atom. The van der Waals surface area contributed by atoms with Gasteiger partial charge in [-0.3, -0.25) is 0 Å². The molecule has 5 nitrogen and oxygen atoms in total. The van der Waals surface area contributed by atoms with Gasteiger partial charge in [-0.1, -0.05) is 0 Å². The summed E-state index contributed by atoms with van der Waals surface area (Å²) in [6.07, 6.45) is -0.701. The van der Waals surface area contributed by atoms with Crippen LogP contribution < -0.4 is 0 Å². The van der Waals surface area contributed by atoms with Crippen molar-refractivity contribution >= 4 is 5.97 Å². The number of halogens is 2. The van der Waals surface area contributed by atoms with Crippen molar-refractivity contribution in [2.24, 2.45) is 5.92 Å². The lowest BCUT2D eigenvalue weighted by Gasteiger charge is -2.09. The smallest absolute Gasteiger partial charge is 0.339 e. The fourth-order valence-corrected chi connectivity index (χ4v) is 1.87. The predicted octanol–water partition coefficient (Wildman–Crippen LogP) is 1.69. The van der Waals surface area contributed by atoms with E-state index in [1.54, 1.807) is 0 Å². The predicted molar refractivity (Wildman–Crippen MR) is 56.6 cm³/mol. The Morgan fingerprint density at radius 3 is 2.94 bits per heavy atom. The number of carboxylic acid groups (broad SMARTS) is 1. The maximum atomic E-state index is 12.7. The Bertz CT molecular complexity index is 448. The first-order chi connectivity index (χ1) is 8.58. The molecule has 1 aliphatic heterocycles. The second kappa shape index (κ2) is 5.34. The van der Waals surface area contributed by atoms with Crippen LogP contribution in [0.3, 0.4) is 0 Å². The summed E-state index contributed by atoms with van der Waals surface area (Å²) in [7, 11) is 0. The summed E-state index contributed by atoms with van der Waals surface area (Å²) in [5, 5.41) is 8.76. The number of aromatic carboxylic acids is 1. The van der Waals surface area contributed by atoms with Crippen LogP contribution in [-0.4, -0.2) is 34.3 Å². The van der Waals surface area contributed by atoms with E-state index in [4.69, 9.17) is 9.84 Å². The van der Waals surface area contributed by atoms with Crippen molar-refractivity contribution in [1.82, 2.24) is 9.97 Å². The average molecular weight is 258 g/mol. The second-order valence-electron chi connectivity index (χ2n) is 4.12. The highest BCUT2D eigenvalue weighted by Gasteiger charge is 2.23. The first-order valence-corrected chi connectivity index (χ1v) is 5.53. The molecule has 0 aliphatic carbocycles. The van der Waals surface area contributed by atoms with Gasteiger partial charge in [0.05, 0.1) is 0 Å². The number of aromatic nitrogens is 2. The number of carboxylic acids is 1. The quantitative estimate of drug-likeness (QED) is 0.889. The van der Waals surface area contributed by atoms with E-state index >= 15 is 0 Å². The second-order valence-corrected chi connectivity index (χ2v) is 4.12. The molecule has 2 rings (SSSR count). The van der Waals surface area contributed by atoms with E-state index in [0.29, 0.717) is 19.6 Å². The fraction of sp³-hybridized carbons (Fsp3) is 0.545. The van der Waals surface area contributed by atoms with Crippen LogP contribution in [0.5, 0.6) is 0 Å². The zero-order chi connectivity index (χ0) is 13.1. The number of hydrogen-bond acceptors (Lipinski definition) is 4. The van der Waals surface area contributed by atoms with Crippen LogP contribution in [0.1, 0.15) is 34.7 Å². The van der Waals surface area contributed by atoms with Crippen molar-refractivity contribution in [1.29, 1.82) is 0 Å². The van der Waals surface area contributed by atoms with Gasteiger partial charge in [-0.05, 0) is 12.3 Å². The molecule has 1 saturated heterocycles. The number of ether oxygens (including phenoxy) is 1. The van der Waals surface area contributed by atoms with Gasteiger partial charge in [-0.25, -0.2) is 23.5 Å². The Morgan fingerprint density at radius 2 is 2.39 bits per heavy atom. The van der Waals surface area contributed by atoms with Crippen LogP contribution >= 0.6 is 0 Å². The number of hydrogen-bond donors (Lipinski definition) is 1. The summed E-state index contributed by atoms with van der Waals surface area (Å²) in [4.78, 5) is 18.2. The van der Waals surface area contributed by atoms with Crippen LogP contribution in [0, 0.1) is 5.92 Å². The summed E-state index contributed by atoms with van der Waals surface area (Å²) in [5.74, 6) is -0.988. The van der Waals surface area contributed by atoms with Crippen LogP contribution in [0.4, 0.5) is 8.78 Å². The van der Waals surface area contributed by atoms with Gasteiger partial charge >= 0.3 is 5.97 Å². The Hall–Kier alpha value is -1.63. The van der Waals surface area contributed by atoms with Gasteiger partial charge in [-0.2, -0.15) is 0 Å². The van der Waals surface area contributed by atoms with Crippen molar-refractivity contribution in [3.63, 3.8) is 0 Å². The molecule has 1 fully saturated rings. The van der Waals surface area contributed by atoms with Crippen LogP contribution in [0.25, 0.3) is 0 Å². The highest BCUT2D eigenvalue weighted by Crippen LogP contribution is 2.22. The van der Waals surface area contributed by atoms with Gasteiger partial charge in [0.1, 0.15) is 17.1 Å². The van der Waals surface area contributed by atoms with E-state index in [-0.39, 0.29) is 11.7 Å². The lowest BCUT2D eigenvalue weighted by Crippen LogP contribution is -2.12. The van der Waals surface area contributed by atoms with Gasteiger partial charge in [0.15, 0.2) is 0 Å². The van der Waals surface area contributed by atoms with Crippen LogP contribution in [-0.2, 0) is 11.2 Å². The lowest BCUT2D eigenvalue weighted by molar-refractivity contribution is 0.0681. The lowest BCUT2D eigenvalue weighted by atomic mass is 10.0. The molecule has 0 amide bonds. The molecule has 18 heavy (non-hydrogen) atoms. The minimum atomic E-state index is -2.92. The third kappa shape index (κ3) is 2.79. The van der Waals surface area contributed by atoms with Crippen molar-refractivity contribution in [3.8, 4) is 0 Å². The zero-order valence-electron chi connectivity index (χ0n) is 9.47. The molecule has 0 bridgehead atoms. The number of nitrogens with zero attached hydrogens (tertiary/aromatic N) is 2. The monoisotopic (exact) mass is 258 g/mol. The van der Waals surface area contributed by atoms with Gasteiger partial charge in [0.2, 0.25) is 0 Å². The summed E-state index contributed by atoms with van der Waals surface area (Å²) in [5.41, 5.74) is -1.26. The topological polar surface area (TPSA) is 72.3 Å². The Kier molecular flexibility index (Phi) is 3.81. The molecule has 0 aromatic carbocycles. The van der Waals surface area contributed by atoms with Crippen molar-refractivity contribution < 1.29 is 23.4 Å². The first-order valence-electron chi connectivity index (χ1n) is 5.53. The molecule has 0 spiro atoms. The highest BCUT2D eigenvalue weighted by atomic mass is 19.3. The van der Waals surface area contributed by atoms with E-state index in [1.165, 1.54) is 0 Å². The van der Waals surface area contributed by atoms with E-state index in [9.17, 15) is 13.6 Å². The van der Waals surface area contributed by atoms with Crippen molar-refractivity contribution in [2.75, 3.05) is 13.2 Å². The molecule has 98 valence electrons. The molecule has 1 N–H and O–H groups in total. The van der Waals surface area contributed by atoms with E-state index in [1.807, 2.05) is 0 Å². The summed E-state index contributed by atoms with van der Waals surface area (Å²) < 4.78 is 30.6. The van der Waals surface area contributed by atoms with Gasteiger partial charge in [0.25, 0.3) is 6.43 Å². The third-order valence-corrected chi connectivity index (χ3v) is 2.80. The van der Waals surface area contributed by atoms with Gasteiger partial charge < -0.3 is 9.84 Å². The maximum Gasteiger partial charge on any atom is 0.339 e.